The van der Waals surface area contributed by atoms with Gasteiger partial charge in [-0.05, 0) is 42.5 Å². The number of ether oxygens (including phenoxy) is 1. The topological polar surface area (TPSA) is 49.8 Å². The number of carbonyl (C=O) groups is 1. The maximum absolute atomic E-state index is 10.6. The van der Waals surface area contributed by atoms with Crippen LogP contribution in [-0.2, 0) is 17.8 Å². The van der Waals surface area contributed by atoms with Crippen molar-refractivity contribution in [3.63, 3.8) is 0 Å². The molecule has 2 aliphatic rings. The van der Waals surface area contributed by atoms with E-state index in [1.807, 2.05) is 0 Å². The molecular formula is C16H21NO3. The van der Waals surface area contributed by atoms with E-state index in [4.69, 9.17) is 9.84 Å². The molecule has 3 rings (SSSR count). The summed E-state index contributed by atoms with van der Waals surface area (Å²) in [5.74, 6) is 0.903. The van der Waals surface area contributed by atoms with Crippen molar-refractivity contribution < 1.29 is 14.6 Å². The molecular weight excluding hydrogens is 254 g/mol. The van der Waals surface area contributed by atoms with Gasteiger partial charge in [0, 0.05) is 25.9 Å². The molecule has 2 heterocycles. The van der Waals surface area contributed by atoms with Crippen LogP contribution in [-0.4, -0.2) is 35.7 Å². The third-order valence-electron chi connectivity index (χ3n) is 4.30. The van der Waals surface area contributed by atoms with Crippen LogP contribution in [0.25, 0.3) is 0 Å². The highest BCUT2D eigenvalue weighted by Crippen LogP contribution is 2.28. The number of fused-ring (bicyclic) bond motifs is 1. The first-order valence-electron chi connectivity index (χ1n) is 7.39. The van der Waals surface area contributed by atoms with Gasteiger partial charge in [-0.25, -0.2) is 0 Å². The molecule has 0 radical (unpaired) electrons. The lowest BCUT2D eigenvalue weighted by molar-refractivity contribution is -0.137. The van der Waals surface area contributed by atoms with Crippen LogP contribution >= 0.6 is 0 Å². The third-order valence-corrected chi connectivity index (χ3v) is 4.30. The highest BCUT2D eigenvalue weighted by atomic mass is 16.5. The molecule has 2 aliphatic heterocycles. The molecule has 4 heteroatoms. The average Bonchev–Trinajstić information content (AvgIpc) is 3.04. The Balaban J connectivity index is 1.53. The average molecular weight is 275 g/mol. The summed E-state index contributed by atoms with van der Waals surface area (Å²) in [6, 6.07) is 6.48. The summed E-state index contributed by atoms with van der Waals surface area (Å²) in [5.41, 5.74) is 2.66. The second kappa shape index (κ2) is 5.83. The first kappa shape index (κ1) is 13.4. The van der Waals surface area contributed by atoms with E-state index in [1.165, 1.54) is 11.1 Å². The first-order valence-corrected chi connectivity index (χ1v) is 7.39. The van der Waals surface area contributed by atoms with Gasteiger partial charge >= 0.3 is 5.97 Å². The van der Waals surface area contributed by atoms with Gasteiger partial charge in [0.05, 0.1) is 6.61 Å². The number of carboxylic acid groups (broad SMARTS) is 1. The molecule has 1 aromatic rings. The lowest BCUT2D eigenvalue weighted by atomic mass is 10.0. The van der Waals surface area contributed by atoms with E-state index in [0.717, 1.165) is 51.3 Å². The zero-order valence-corrected chi connectivity index (χ0v) is 11.7. The summed E-state index contributed by atoms with van der Waals surface area (Å²) in [5, 5.41) is 8.74. The van der Waals surface area contributed by atoms with Crippen molar-refractivity contribution in [2.75, 3.05) is 19.7 Å². The van der Waals surface area contributed by atoms with Crippen LogP contribution in [0.1, 0.15) is 30.4 Å². The van der Waals surface area contributed by atoms with Gasteiger partial charge < -0.3 is 9.84 Å². The molecule has 0 aliphatic carbocycles. The summed E-state index contributed by atoms with van der Waals surface area (Å²) in [6.07, 6.45) is 3.25. The van der Waals surface area contributed by atoms with E-state index < -0.39 is 5.97 Å². The van der Waals surface area contributed by atoms with E-state index in [-0.39, 0.29) is 0 Å². The Morgan fingerprint density at radius 1 is 1.45 bits per heavy atom. The van der Waals surface area contributed by atoms with E-state index in [1.54, 1.807) is 0 Å². The molecule has 20 heavy (non-hydrogen) atoms. The minimum atomic E-state index is -0.679. The van der Waals surface area contributed by atoms with Crippen molar-refractivity contribution in [2.45, 2.75) is 32.2 Å². The molecule has 1 N–H and O–H groups in total. The van der Waals surface area contributed by atoms with Crippen LogP contribution in [0, 0.1) is 5.92 Å². The molecule has 1 saturated heterocycles. The Labute approximate surface area is 119 Å². The highest BCUT2D eigenvalue weighted by molar-refractivity contribution is 5.66. The molecule has 0 aromatic heterocycles. The monoisotopic (exact) mass is 275 g/mol. The Bertz CT molecular complexity index is 500. The second-order valence-corrected chi connectivity index (χ2v) is 5.86. The molecule has 1 aromatic carbocycles. The van der Waals surface area contributed by atoms with E-state index in [9.17, 15) is 4.79 Å². The molecule has 1 unspecified atom stereocenters. The number of carboxylic acids is 1. The quantitative estimate of drug-likeness (QED) is 0.896. The molecule has 4 nitrogen and oxygen atoms in total. The zero-order valence-electron chi connectivity index (χ0n) is 11.7. The Morgan fingerprint density at radius 2 is 2.35 bits per heavy atom. The number of likely N-dealkylation sites (tertiary alicyclic amines) is 1. The summed E-state index contributed by atoms with van der Waals surface area (Å²) < 4.78 is 5.53. The molecule has 0 bridgehead atoms. The van der Waals surface area contributed by atoms with Crippen LogP contribution < -0.4 is 4.74 Å². The zero-order chi connectivity index (χ0) is 13.9. The van der Waals surface area contributed by atoms with Crippen LogP contribution in [0.2, 0.25) is 0 Å². The molecule has 1 fully saturated rings. The summed E-state index contributed by atoms with van der Waals surface area (Å²) >= 11 is 0. The fourth-order valence-corrected chi connectivity index (χ4v) is 3.22. The Hall–Kier alpha value is -1.55. The van der Waals surface area contributed by atoms with Gasteiger partial charge in [-0.3, -0.25) is 9.69 Å². The Morgan fingerprint density at radius 3 is 3.20 bits per heavy atom. The second-order valence-electron chi connectivity index (χ2n) is 5.86. The standard InChI is InChI=1S/C16H21NO3/c18-16(19)4-2-12-5-7-17(10-12)11-13-1-3-15-14(9-13)6-8-20-15/h1,3,9,12H,2,4-8,10-11H2,(H,18,19). The van der Waals surface area contributed by atoms with E-state index in [2.05, 4.69) is 23.1 Å². The van der Waals surface area contributed by atoms with Crippen molar-refractivity contribution in [3.8, 4) is 5.75 Å². The Kier molecular flexibility index (Phi) is 3.92. The molecule has 0 saturated carbocycles. The lowest BCUT2D eigenvalue weighted by Crippen LogP contribution is -2.20. The SMILES string of the molecule is O=C(O)CCC1CCN(Cc2ccc3c(c2)CCO3)C1. The fraction of sp³-hybridized carbons (Fsp3) is 0.562. The van der Waals surface area contributed by atoms with Crippen LogP contribution in [0.3, 0.4) is 0 Å². The molecule has 0 amide bonds. The predicted octanol–water partition coefficient (Wildman–Crippen LogP) is 2.31. The third kappa shape index (κ3) is 3.12. The van der Waals surface area contributed by atoms with Crippen LogP contribution in [0.15, 0.2) is 18.2 Å². The van der Waals surface area contributed by atoms with Crippen molar-refractivity contribution in [3.05, 3.63) is 29.3 Å². The minimum Gasteiger partial charge on any atom is -0.493 e. The number of benzene rings is 1. The van der Waals surface area contributed by atoms with E-state index in [0.29, 0.717) is 12.3 Å². The van der Waals surface area contributed by atoms with Crippen molar-refractivity contribution in [2.24, 2.45) is 5.92 Å². The molecule has 1 atom stereocenters. The fourth-order valence-electron chi connectivity index (χ4n) is 3.22. The van der Waals surface area contributed by atoms with E-state index >= 15 is 0 Å². The summed E-state index contributed by atoms with van der Waals surface area (Å²) in [7, 11) is 0. The van der Waals surface area contributed by atoms with Gasteiger partial charge in [-0.15, -0.1) is 0 Å². The van der Waals surface area contributed by atoms with Gasteiger partial charge in [0.25, 0.3) is 0 Å². The highest BCUT2D eigenvalue weighted by Gasteiger charge is 2.23. The largest absolute Gasteiger partial charge is 0.493 e. The number of hydrogen-bond acceptors (Lipinski definition) is 3. The summed E-state index contributed by atoms with van der Waals surface area (Å²) in [6.45, 7) is 3.88. The smallest absolute Gasteiger partial charge is 0.303 e. The van der Waals surface area contributed by atoms with Crippen LogP contribution in [0.4, 0.5) is 0 Å². The van der Waals surface area contributed by atoms with Gasteiger partial charge in [0.2, 0.25) is 0 Å². The van der Waals surface area contributed by atoms with Crippen molar-refractivity contribution >= 4 is 5.97 Å². The van der Waals surface area contributed by atoms with Crippen molar-refractivity contribution in [1.82, 2.24) is 4.90 Å². The maximum Gasteiger partial charge on any atom is 0.303 e. The minimum absolute atomic E-state index is 0.300. The molecule has 0 spiro atoms. The normalized spacial score (nSPS) is 21.7. The predicted molar refractivity (Wildman–Crippen MR) is 75.9 cm³/mol. The number of hydrogen-bond donors (Lipinski definition) is 1. The molecule has 108 valence electrons. The lowest BCUT2D eigenvalue weighted by Gasteiger charge is -2.16. The number of nitrogens with zero attached hydrogens (tertiary/aromatic N) is 1. The van der Waals surface area contributed by atoms with Gasteiger partial charge in [-0.2, -0.15) is 0 Å². The number of rotatable bonds is 5. The van der Waals surface area contributed by atoms with Gasteiger partial charge in [-0.1, -0.05) is 12.1 Å². The van der Waals surface area contributed by atoms with Crippen molar-refractivity contribution in [1.29, 1.82) is 0 Å². The van der Waals surface area contributed by atoms with Crippen LogP contribution in [0.5, 0.6) is 5.75 Å². The summed E-state index contributed by atoms with van der Waals surface area (Å²) in [4.78, 5) is 13.0. The maximum atomic E-state index is 10.6. The van der Waals surface area contributed by atoms with Gasteiger partial charge in [0.15, 0.2) is 0 Å². The number of aliphatic carboxylic acids is 1. The first-order chi connectivity index (χ1) is 9.70. The van der Waals surface area contributed by atoms with Gasteiger partial charge in [0.1, 0.15) is 5.75 Å².